The van der Waals surface area contributed by atoms with E-state index in [0.717, 1.165) is 0 Å². The molecule has 0 unspecified atom stereocenters. The van der Waals surface area contributed by atoms with Gasteiger partial charge in [-0.15, -0.1) is 0 Å². The molecule has 0 aromatic carbocycles. The third kappa shape index (κ3) is 10.8. The largest absolute Gasteiger partial charge is 0.870 e. The molecule has 0 heterocycles. The highest BCUT2D eigenvalue weighted by atomic mass is 16.0. The first-order chi connectivity index (χ1) is 3.35. The molecular weight excluding hydrogens is 132 g/mol. The van der Waals surface area contributed by atoms with Crippen LogP contribution in [0.3, 0.4) is 0 Å². The minimum Gasteiger partial charge on any atom is -0.870 e. The maximum absolute atomic E-state index is 2.22. The summed E-state index contributed by atoms with van der Waals surface area (Å²) >= 11 is 0. The Morgan fingerprint density at radius 1 is 0.800 bits per heavy atom. The Morgan fingerprint density at radius 3 is 1.00 bits per heavy atom. The zero-order chi connectivity index (χ0) is 5.70. The lowest BCUT2D eigenvalue weighted by Crippen LogP contribution is -3.11. The lowest BCUT2D eigenvalue weighted by molar-refractivity contribution is -0.894. The van der Waals surface area contributed by atoms with Gasteiger partial charge in [-0.05, 0) is 20.8 Å². The maximum atomic E-state index is 2.22. The number of hydrogen-bond donors (Lipinski definition) is 2. The quantitative estimate of drug-likeness (QED) is 0.595. The minimum atomic E-state index is 0. The Kier molecular flexibility index (Phi) is 35.9. The average molecular weight is 154 g/mol. The van der Waals surface area contributed by atoms with Gasteiger partial charge in [0.15, 0.2) is 0 Å². The molecular formula is C6H22N2O2. The summed E-state index contributed by atoms with van der Waals surface area (Å²) in [4.78, 5) is 1.68. The maximum Gasteiger partial charge on any atom is 0.0742 e. The van der Waals surface area contributed by atoms with Crippen LogP contribution in [0.15, 0.2) is 0 Å². The summed E-state index contributed by atoms with van der Waals surface area (Å²) < 4.78 is 0. The average Bonchev–Trinajstić information content (AvgIpc) is 1.72. The predicted molar refractivity (Wildman–Crippen MR) is 42.4 cm³/mol. The molecule has 0 aromatic rings. The summed E-state index contributed by atoms with van der Waals surface area (Å²) in [5, 5.41) is 0. The SMILES string of the molecule is CC[NH+](CC)CC.[NH4+].[OH-].[OH-]. The van der Waals surface area contributed by atoms with Gasteiger partial charge in [-0.25, -0.2) is 0 Å². The van der Waals surface area contributed by atoms with Gasteiger partial charge in [0, 0.05) is 0 Å². The fourth-order valence-corrected chi connectivity index (χ4v) is 0.750. The van der Waals surface area contributed by atoms with E-state index in [2.05, 4.69) is 20.8 Å². The minimum absolute atomic E-state index is 0. The molecule has 4 heteroatoms. The molecule has 10 heavy (non-hydrogen) atoms. The van der Waals surface area contributed by atoms with Gasteiger partial charge in [-0.3, -0.25) is 0 Å². The molecule has 0 bridgehead atoms. The molecule has 4 nitrogen and oxygen atoms in total. The predicted octanol–water partition coefficient (Wildman–Crippen LogP) is -0.0464. The lowest BCUT2D eigenvalue weighted by atomic mass is 10.5. The van der Waals surface area contributed by atoms with E-state index >= 15 is 0 Å². The number of quaternary nitrogens is 2. The fourth-order valence-electron chi connectivity index (χ4n) is 0.750. The molecule has 0 spiro atoms. The van der Waals surface area contributed by atoms with Crippen molar-refractivity contribution in [1.82, 2.24) is 6.15 Å². The Balaban J connectivity index is -0.0000000600. The third-order valence-electron chi connectivity index (χ3n) is 1.50. The summed E-state index contributed by atoms with van der Waals surface area (Å²) in [6.45, 7) is 10.5. The summed E-state index contributed by atoms with van der Waals surface area (Å²) in [5.74, 6) is 0. The first kappa shape index (κ1) is 22.5. The highest BCUT2D eigenvalue weighted by molar-refractivity contribution is 4.11. The molecule has 0 aliphatic heterocycles. The summed E-state index contributed by atoms with van der Waals surface area (Å²) in [5.41, 5.74) is 0. The smallest absolute Gasteiger partial charge is 0.0742 e. The van der Waals surface area contributed by atoms with Gasteiger partial charge in [0.25, 0.3) is 0 Å². The molecule has 0 rings (SSSR count). The summed E-state index contributed by atoms with van der Waals surface area (Å²) in [7, 11) is 0. The van der Waals surface area contributed by atoms with Crippen LogP contribution in [0.1, 0.15) is 20.8 Å². The first-order valence-corrected chi connectivity index (χ1v) is 3.18. The van der Waals surface area contributed by atoms with Crippen LogP contribution < -0.4 is 11.1 Å². The Morgan fingerprint density at radius 2 is 1.00 bits per heavy atom. The normalized spacial score (nSPS) is 7.20. The second kappa shape index (κ2) is 15.9. The van der Waals surface area contributed by atoms with Crippen molar-refractivity contribution in [3.05, 3.63) is 0 Å². The van der Waals surface area contributed by atoms with E-state index in [4.69, 9.17) is 0 Å². The Bertz CT molecular complexity index is 35.2. The molecule has 0 saturated heterocycles. The summed E-state index contributed by atoms with van der Waals surface area (Å²) in [6.07, 6.45) is 0. The highest BCUT2D eigenvalue weighted by Crippen LogP contribution is 1.45. The fraction of sp³-hybridized carbons (Fsp3) is 1.00. The van der Waals surface area contributed by atoms with E-state index in [9.17, 15) is 0 Å². The second-order valence-electron chi connectivity index (χ2n) is 1.81. The molecule has 0 radical (unpaired) electrons. The molecule has 0 amide bonds. The van der Waals surface area contributed by atoms with Crippen molar-refractivity contribution >= 4 is 0 Å². The van der Waals surface area contributed by atoms with Crippen molar-refractivity contribution in [3.8, 4) is 0 Å². The second-order valence-corrected chi connectivity index (χ2v) is 1.81. The Hall–Kier alpha value is -0.160. The number of hydrogen-bond acceptors (Lipinski definition) is 2. The van der Waals surface area contributed by atoms with Gasteiger partial charge in [0.1, 0.15) is 0 Å². The molecule has 0 atom stereocenters. The van der Waals surface area contributed by atoms with Crippen LogP contribution >= 0.6 is 0 Å². The van der Waals surface area contributed by atoms with E-state index in [1.54, 1.807) is 4.90 Å². The van der Waals surface area contributed by atoms with Crippen LogP contribution in [-0.4, -0.2) is 30.6 Å². The first-order valence-electron chi connectivity index (χ1n) is 3.18. The Labute approximate surface area is 63.4 Å². The van der Waals surface area contributed by atoms with E-state index in [0.29, 0.717) is 0 Å². The van der Waals surface area contributed by atoms with E-state index in [1.165, 1.54) is 19.6 Å². The number of rotatable bonds is 3. The molecule has 0 aliphatic rings. The van der Waals surface area contributed by atoms with Gasteiger partial charge in [-0.2, -0.15) is 0 Å². The monoisotopic (exact) mass is 154 g/mol. The van der Waals surface area contributed by atoms with Gasteiger partial charge >= 0.3 is 0 Å². The van der Waals surface area contributed by atoms with Crippen molar-refractivity contribution < 1.29 is 15.9 Å². The van der Waals surface area contributed by atoms with Crippen LogP contribution in [0.4, 0.5) is 0 Å². The molecule has 0 fully saturated rings. The topological polar surface area (TPSA) is 101 Å². The van der Waals surface area contributed by atoms with E-state index in [-0.39, 0.29) is 17.1 Å². The van der Waals surface area contributed by atoms with Gasteiger partial charge in [0.2, 0.25) is 0 Å². The van der Waals surface area contributed by atoms with Crippen LogP contribution in [-0.2, 0) is 0 Å². The lowest BCUT2D eigenvalue weighted by Gasteiger charge is -2.10. The molecule has 68 valence electrons. The van der Waals surface area contributed by atoms with E-state index < -0.39 is 0 Å². The summed E-state index contributed by atoms with van der Waals surface area (Å²) in [6, 6.07) is 0. The molecule has 0 aromatic heterocycles. The van der Waals surface area contributed by atoms with Crippen LogP contribution in [0.5, 0.6) is 0 Å². The molecule has 7 N–H and O–H groups in total. The molecule has 0 aliphatic carbocycles. The van der Waals surface area contributed by atoms with Crippen molar-refractivity contribution in [1.29, 1.82) is 0 Å². The van der Waals surface area contributed by atoms with Crippen molar-refractivity contribution in [2.24, 2.45) is 0 Å². The van der Waals surface area contributed by atoms with Crippen molar-refractivity contribution in [2.45, 2.75) is 20.8 Å². The van der Waals surface area contributed by atoms with Gasteiger partial charge in [0.05, 0.1) is 19.6 Å². The van der Waals surface area contributed by atoms with Gasteiger partial charge < -0.3 is 22.0 Å². The highest BCUT2D eigenvalue weighted by Gasteiger charge is 1.92. The van der Waals surface area contributed by atoms with E-state index in [1.807, 2.05) is 0 Å². The van der Waals surface area contributed by atoms with Gasteiger partial charge in [-0.1, -0.05) is 0 Å². The van der Waals surface area contributed by atoms with Crippen molar-refractivity contribution in [2.75, 3.05) is 19.6 Å². The third-order valence-corrected chi connectivity index (χ3v) is 1.50. The van der Waals surface area contributed by atoms with Crippen LogP contribution in [0.2, 0.25) is 0 Å². The zero-order valence-corrected chi connectivity index (χ0v) is 7.52. The standard InChI is InChI=1S/C6H15N.H3N.2H2O/c1-4-7(5-2)6-3;;;/h4-6H2,1-3H3;1H3;2*1H2. The zero-order valence-electron chi connectivity index (χ0n) is 7.52. The van der Waals surface area contributed by atoms with Crippen molar-refractivity contribution in [3.63, 3.8) is 0 Å². The molecule has 0 saturated carbocycles. The number of nitrogens with one attached hydrogen (secondary N) is 1. The van der Waals surface area contributed by atoms with Crippen LogP contribution in [0.25, 0.3) is 0 Å². The van der Waals surface area contributed by atoms with Crippen LogP contribution in [0, 0.1) is 0 Å².